The van der Waals surface area contributed by atoms with Crippen molar-refractivity contribution < 1.29 is 22.7 Å². The highest BCUT2D eigenvalue weighted by Crippen LogP contribution is 2.16. The topological polar surface area (TPSA) is 115 Å². The molecule has 1 heterocycles. The number of hydrogen-bond acceptors (Lipinski definition) is 6. The molecule has 0 bridgehead atoms. The Morgan fingerprint density at radius 1 is 1.11 bits per heavy atom. The maximum absolute atomic E-state index is 12.0. The van der Waals surface area contributed by atoms with E-state index in [0.717, 1.165) is 8.87 Å². The number of nitrogens with zero attached hydrogens (tertiary/aromatic N) is 2. The van der Waals surface area contributed by atoms with Gasteiger partial charge >= 0.3 is 5.97 Å². The first kappa shape index (κ1) is 20.3. The molecule has 0 aliphatic rings. The number of rotatable bonds is 7. The van der Waals surface area contributed by atoms with Gasteiger partial charge in [0.05, 0.1) is 4.90 Å². The van der Waals surface area contributed by atoms with Crippen LogP contribution in [0.3, 0.4) is 0 Å². The summed E-state index contributed by atoms with van der Waals surface area (Å²) in [5.74, 6) is -1.32. The molecule has 2 aromatic rings. The third-order valence-electron chi connectivity index (χ3n) is 3.48. The maximum Gasteiger partial charge on any atom is 0.326 e. The minimum atomic E-state index is -3.55. The number of esters is 1. The molecule has 0 unspecified atom stereocenters. The van der Waals surface area contributed by atoms with Gasteiger partial charge in [-0.1, -0.05) is 6.07 Å². The van der Waals surface area contributed by atoms with Crippen molar-refractivity contribution in [1.82, 2.24) is 8.87 Å². The number of amides is 1. The molecule has 1 amide bonds. The van der Waals surface area contributed by atoms with E-state index in [1.54, 1.807) is 12.1 Å². The molecular formula is C17H19N3O6S. The average molecular weight is 393 g/mol. The Balaban J connectivity index is 1.88. The molecule has 0 aliphatic heterocycles. The Bertz CT molecular complexity index is 980. The van der Waals surface area contributed by atoms with Gasteiger partial charge in [-0.3, -0.25) is 14.4 Å². The van der Waals surface area contributed by atoms with Crippen LogP contribution in [0.5, 0.6) is 0 Å². The molecule has 0 saturated carbocycles. The summed E-state index contributed by atoms with van der Waals surface area (Å²) < 4.78 is 31.0. The first-order chi connectivity index (χ1) is 12.7. The van der Waals surface area contributed by atoms with Gasteiger partial charge < -0.3 is 14.6 Å². The molecule has 1 N–H and O–H groups in total. The summed E-state index contributed by atoms with van der Waals surface area (Å²) >= 11 is 0. The molecule has 0 fully saturated rings. The van der Waals surface area contributed by atoms with E-state index in [1.165, 1.54) is 50.6 Å². The molecule has 10 heteroatoms. The van der Waals surface area contributed by atoms with E-state index in [-0.39, 0.29) is 17.0 Å². The molecule has 0 spiro atoms. The van der Waals surface area contributed by atoms with E-state index in [4.69, 9.17) is 4.74 Å². The van der Waals surface area contributed by atoms with E-state index in [2.05, 4.69) is 5.32 Å². The predicted molar refractivity (Wildman–Crippen MR) is 97.6 cm³/mol. The second kappa shape index (κ2) is 8.60. The highest BCUT2D eigenvalue weighted by Gasteiger charge is 2.17. The number of ether oxygens (including phenoxy) is 1. The summed E-state index contributed by atoms with van der Waals surface area (Å²) in [6, 6.07) is 10.0. The van der Waals surface area contributed by atoms with Crippen LogP contribution in [0.4, 0.5) is 5.69 Å². The molecule has 1 aromatic heterocycles. The molecule has 0 radical (unpaired) electrons. The van der Waals surface area contributed by atoms with E-state index >= 15 is 0 Å². The average Bonchev–Trinajstić information content (AvgIpc) is 2.62. The minimum Gasteiger partial charge on any atom is -0.454 e. The van der Waals surface area contributed by atoms with Crippen molar-refractivity contribution >= 4 is 27.6 Å². The first-order valence-corrected chi connectivity index (χ1v) is 9.27. The van der Waals surface area contributed by atoms with Crippen LogP contribution >= 0.6 is 0 Å². The first-order valence-electron chi connectivity index (χ1n) is 7.83. The fraction of sp³-hybridized carbons (Fsp3) is 0.235. The third kappa shape index (κ3) is 5.50. The van der Waals surface area contributed by atoms with E-state index in [1.807, 2.05) is 0 Å². The van der Waals surface area contributed by atoms with Gasteiger partial charge in [0.1, 0.15) is 6.54 Å². The van der Waals surface area contributed by atoms with Crippen molar-refractivity contribution in [3.8, 4) is 0 Å². The number of aromatic nitrogens is 1. The summed E-state index contributed by atoms with van der Waals surface area (Å²) in [4.78, 5) is 35.1. The molecule has 2 rings (SSSR count). The van der Waals surface area contributed by atoms with E-state index in [0.29, 0.717) is 5.69 Å². The number of hydrogen-bond donors (Lipinski definition) is 1. The minimum absolute atomic E-state index is 0.0882. The lowest BCUT2D eigenvalue weighted by atomic mass is 10.3. The molecule has 9 nitrogen and oxygen atoms in total. The van der Waals surface area contributed by atoms with E-state index < -0.39 is 28.5 Å². The molecule has 27 heavy (non-hydrogen) atoms. The maximum atomic E-state index is 12.0. The highest BCUT2D eigenvalue weighted by molar-refractivity contribution is 7.89. The van der Waals surface area contributed by atoms with Gasteiger partial charge in [0.25, 0.3) is 11.5 Å². The molecule has 1 aromatic carbocycles. The fourth-order valence-corrected chi connectivity index (χ4v) is 2.94. The van der Waals surface area contributed by atoms with Crippen LogP contribution in [0.1, 0.15) is 0 Å². The number of anilines is 1. The molecule has 0 saturated heterocycles. The smallest absolute Gasteiger partial charge is 0.326 e. The second-order valence-corrected chi connectivity index (χ2v) is 7.84. The third-order valence-corrected chi connectivity index (χ3v) is 5.31. The van der Waals surface area contributed by atoms with Crippen LogP contribution in [-0.2, 0) is 30.9 Å². The Morgan fingerprint density at radius 2 is 1.78 bits per heavy atom. The summed E-state index contributed by atoms with van der Waals surface area (Å²) in [6.45, 7) is -0.831. The van der Waals surface area contributed by atoms with Gasteiger partial charge in [-0.25, -0.2) is 12.7 Å². The Morgan fingerprint density at radius 3 is 2.37 bits per heavy atom. The lowest BCUT2D eigenvalue weighted by Gasteiger charge is -2.12. The van der Waals surface area contributed by atoms with Crippen LogP contribution < -0.4 is 10.9 Å². The number of carbonyl (C=O) groups excluding carboxylic acids is 2. The quantitative estimate of drug-likeness (QED) is 0.676. The van der Waals surface area contributed by atoms with Crippen molar-refractivity contribution in [2.45, 2.75) is 11.4 Å². The predicted octanol–water partition coefficient (Wildman–Crippen LogP) is 0.280. The summed E-state index contributed by atoms with van der Waals surface area (Å²) in [7, 11) is -0.714. The number of pyridine rings is 1. The second-order valence-electron chi connectivity index (χ2n) is 5.69. The van der Waals surface area contributed by atoms with Crippen molar-refractivity contribution in [2.75, 3.05) is 26.0 Å². The number of sulfonamides is 1. The Kier molecular flexibility index (Phi) is 6.48. The number of carbonyl (C=O) groups is 2. The Hall–Kier alpha value is -2.98. The van der Waals surface area contributed by atoms with E-state index in [9.17, 15) is 22.8 Å². The number of benzene rings is 1. The van der Waals surface area contributed by atoms with Gasteiger partial charge in [-0.15, -0.1) is 0 Å². The zero-order valence-corrected chi connectivity index (χ0v) is 15.6. The molecule has 0 atom stereocenters. The highest BCUT2D eigenvalue weighted by atomic mass is 32.2. The van der Waals surface area contributed by atoms with Gasteiger partial charge in [0.15, 0.2) is 6.61 Å². The van der Waals surface area contributed by atoms with Gasteiger partial charge in [-0.2, -0.15) is 0 Å². The van der Waals surface area contributed by atoms with Crippen LogP contribution in [-0.4, -0.2) is 49.9 Å². The monoisotopic (exact) mass is 393 g/mol. The van der Waals surface area contributed by atoms with Crippen molar-refractivity contribution in [2.24, 2.45) is 0 Å². The summed E-state index contributed by atoms with van der Waals surface area (Å²) in [6.07, 6.45) is 1.44. The Labute approximate surface area is 156 Å². The molecule has 0 aliphatic carbocycles. The lowest BCUT2D eigenvalue weighted by Crippen LogP contribution is -2.27. The zero-order chi connectivity index (χ0) is 20.0. The van der Waals surface area contributed by atoms with Crippen LogP contribution in [0, 0.1) is 0 Å². The molecular weight excluding hydrogens is 374 g/mol. The normalized spacial score (nSPS) is 11.2. The standard InChI is InChI=1S/C17H19N3O6S/c1-19(2)27(24,25)14-8-6-13(7-9-14)18-15(21)12-26-17(23)11-20-10-4-3-5-16(20)22/h3-10H,11-12H2,1-2H3,(H,18,21). The van der Waals surface area contributed by atoms with Crippen molar-refractivity contribution in [3.63, 3.8) is 0 Å². The fourth-order valence-electron chi connectivity index (χ4n) is 2.04. The number of nitrogens with one attached hydrogen (secondary N) is 1. The lowest BCUT2D eigenvalue weighted by molar-refractivity contribution is -0.147. The van der Waals surface area contributed by atoms with Crippen LogP contribution in [0.25, 0.3) is 0 Å². The summed E-state index contributed by atoms with van der Waals surface area (Å²) in [5, 5.41) is 2.49. The molecule has 144 valence electrons. The van der Waals surface area contributed by atoms with Gasteiger partial charge in [-0.05, 0) is 30.3 Å². The zero-order valence-electron chi connectivity index (χ0n) is 14.8. The van der Waals surface area contributed by atoms with Crippen LogP contribution in [0.2, 0.25) is 0 Å². The largest absolute Gasteiger partial charge is 0.454 e. The van der Waals surface area contributed by atoms with Gasteiger partial charge in [0.2, 0.25) is 10.0 Å². The summed E-state index contributed by atoms with van der Waals surface area (Å²) in [5.41, 5.74) is -0.000276. The van der Waals surface area contributed by atoms with Crippen molar-refractivity contribution in [1.29, 1.82) is 0 Å². The van der Waals surface area contributed by atoms with Crippen LogP contribution in [0.15, 0.2) is 58.4 Å². The van der Waals surface area contributed by atoms with Crippen molar-refractivity contribution in [3.05, 3.63) is 59.0 Å². The SMILES string of the molecule is CN(C)S(=O)(=O)c1ccc(NC(=O)COC(=O)Cn2ccccc2=O)cc1. The van der Waals surface area contributed by atoms with Gasteiger partial charge in [0, 0.05) is 32.0 Å².